The molecular weight excluding hydrogens is 256 g/mol. The third-order valence-corrected chi connectivity index (χ3v) is 4.22. The van der Waals surface area contributed by atoms with E-state index < -0.39 is 17.6 Å². The van der Waals surface area contributed by atoms with Crippen molar-refractivity contribution in [1.29, 1.82) is 0 Å². The van der Waals surface area contributed by atoms with Gasteiger partial charge >= 0.3 is 12.0 Å². The molecule has 104 valence electrons. The Balaban J connectivity index is 2.19. The zero-order chi connectivity index (χ0) is 13.6. The van der Waals surface area contributed by atoms with Crippen molar-refractivity contribution in [2.75, 3.05) is 18.8 Å². The standard InChI is InChI=1S/C11H20N2O4S/c1-11(17,9(14)15)7-13-10(16)12-6-8-4-2-3-5-18-8/h8,17H,2-7H2,1H3,(H,14,15)(H2,12,13,16). The lowest BCUT2D eigenvalue weighted by Gasteiger charge is -2.22. The van der Waals surface area contributed by atoms with Crippen LogP contribution in [0.25, 0.3) is 0 Å². The fourth-order valence-electron chi connectivity index (χ4n) is 1.57. The highest BCUT2D eigenvalue weighted by molar-refractivity contribution is 7.99. The molecule has 1 aliphatic rings. The number of hydrogen-bond donors (Lipinski definition) is 4. The summed E-state index contributed by atoms with van der Waals surface area (Å²) in [5, 5.41) is 23.6. The molecule has 4 N–H and O–H groups in total. The second kappa shape index (κ2) is 6.84. The molecule has 0 aromatic carbocycles. The first-order valence-electron chi connectivity index (χ1n) is 6.01. The summed E-state index contributed by atoms with van der Waals surface area (Å²) in [7, 11) is 0. The molecule has 1 aliphatic heterocycles. The summed E-state index contributed by atoms with van der Waals surface area (Å²) >= 11 is 1.85. The lowest BCUT2D eigenvalue weighted by Crippen LogP contribution is -2.49. The number of carbonyl (C=O) groups excluding carboxylic acids is 1. The van der Waals surface area contributed by atoms with Crippen LogP contribution in [0.1, 0.15) is 26.2 Å². The van der Waals surface area contributed by atoms with Crippen molar-refractivity contribution in [2.24, 2.45) is 0 Å². The van der Waals surface area contributed by atoms with E-state index in [-0.39, 0.29) is 6.54 Å². The number of nitrogens with one attached hydrogen (secondary N) is 2. The number of rotatable bonds is 5. The second-order valence-corrected chi connectivity index (χ2v) is 6.04. The molecule has 2 atom stereocenters. The third-order valence-electron chi connectivity index (χ3n) is 2.82. The second-order valence-electron chi connectivity index (χ2n) is 4.63. The minimum absolute atomic E-state index is 0.314. The lowest BCUT2D eigenvalue weighted by atomic mass is 10.1. The number of thioether (sulfide) groups is 1. The molecular formula is C11H20N2O4S. The summed E-state index contributed by atoms with van der Waals surface area (Å²) in [5.74, 6) is -0.229. The van der Waals surface area contributed by atoms with Crippen LogP contribution in [0.15, 0.2) is 0 Å². The number of hydrogen-bond acceptors (Lipinski definition) is 4. The van der Waals surface area contributed by atoms with Gasteiger partial charge in [-0.2, -0.15) is 11.8 Å². The van der Waals surface area contributed by atoms with Gasteiger partial charge in [0, 0.05) is 11.8 Å². The largest absolute Gasteiger partial charge is 0.479 e. The van der Waals surface area contributed by atoms with Crippen molar-refractivity contribution in [2.45, 2.75) is 37.0 Å². The minimum atomic E-state index is -1.93. The van der Waals surface area contributed by atoms with Gasteiger partial charge in [-0.3, -0.25) is 0 Å². The number of aliphatic hydroxyl groups is 1. The molecule has 0 radical (unpaired) electrons. The Morgan fingerprint density at radius 2 is 2.11 bits per heavy atom. The fourth-order valence-corrected chi connectivity index (χ4v) is 2.80. The van der Waals surface area contributed by atoms with E-state index in [2.05, 4.69) is 10.6 Å². The van der Waals surface area contributed by atoms with Crippen LogP contribution in [-0.2, 0) is 4.79 Å². The van der Waals surface area contributed by atoms with Gasteiger partial charge in [0.25, 0.3) is 0 Å². The molecule has 0 saturated carbocycles. The van der Waals surface area contributed by atoms with Crippen LogP contribution in [0, 0.1) is 0 Å². The van der Waals surface area contributed by atoms with Crippen molar-refractivity contribution in [3.63, 3.8) is 0 Å². The first kappa shape index (κ1) is 15.1. The number of carbonyl (C=O) groups is 2. The summed E-state index contributed by atoms with van der Waals surface area (Å²) in [6.45, 7) is 1.41. The average Bonchev–Trinajstić information content (AvgIpc) is 2.35. The maximum absolute atomic E-state index is 11.4. The molecule has 1 saturated heterocycles. The van der Waals surface area contributed by atoms with E-state index in [1.54, 1.807) is 0 Å². The van der Waals surface area contributed by atoms with Crippen LogP contribution in [0.5, 0.6) is 0 Å². The summed E-state index contributed by atoms with van der Waals surface area (Å²) in [5.41, 5.74) is -1.93. The zero-order valence-corrected chi connectivity index (χ0v) is 11.3. The number of carboxylic acid groups (broad SMARTS) is 1. The summed E-state index contributed by atoms with van der Waals surface area (Å²) in [6, 6.07) is -0.442. The smallest absolute Gasteiger partial charge is 0.337 e. The number of carboxylic acids is 1. The molecule has 18 heavy (non-hydrogen) atoms. The average molecular weight is 276 g/mol. The Labute approximate surface area is 111 Å². The number of aliphatic carboxylic acids is 1. The van der Waals surface area contributed by atoms with Gasteiger partial charge in [-0.25, -0.2) is 9.59 Å². The van der Waals surface area contributed by atoms with E-state index in [4.69, 9.17) is 5.11 Å². The fraction of sp³-hybridized carbons (Fsp3) is 0.818. The van der Waals surface area contributed by atoms with Gasteiger partial charge in [-0.05, 0) is 25.5 Å². The van der Waals surface area contributed by atoms with Gasteiger partial charge < -0.3 is 20.8 Å². The molecule has 1 fully saturated rings. The van der Waals surface area contributed by atoms with E-state index in [9.17, 15) is 14.7 Å². The van der Waals surface area contributed by atoms with Crippen molar-refractivity contribution in [3.8, 4) is 0 Å². The SMILES string of the molecule is CC(O)(CNC(=O)NCC1CCCCS1)C(=O)O. The van der Waals surface area contributed by atoms with Crippen LogP contribution in [0.2, 0.25) is 0 Å². The van der Waals surface area contributed by atoms with E-state index in [0.717, 1.165) is 19.1 Å². The molecule has 2 amide bonds. The number of amides is 2. The predicted octanol–water partition coefficient (Wildman–Crippen LogP) is 0.407. The van der Waals surface area contributed by atoms with Crippen molar-refractivity contribution >= 4 is 23.8 Å². The Bertz CT molecular complexity index is 303. The van der Waals surface area contributed by atoms with Gasteiger partial charge in [0.05, 0.1) is 6.54 Å². The van der Waals surface area contributed by atoms with Crippen molar-refractivity contribution in [1.82, 2.24) is 10.6 Å². The van der Waals surface area contributed by atoms with E-state index >= 15 is 0 Å². The maximum atomic E-state index is 11.4. The molecule has 0 aromatic heterocycles. The van der Waals surface area contributed by atoms with Gasteiger partial charge in [-0.1, -0.05) is 6.42 Å². The van der Waals surface area contributed by atoms with Crippen LogP contribution >= 0.6 is 11.8 Å². The molecule has 1 rings (SSSR count). The summed E-state index contributed by atoms with van der Waals surface area (Å²) in [6.07, 6.45) is 3.52. The Hall–Kier alpha value is -0.950. The molecule has 6 nitrogen and oxygen atoms in total. The third kappa shape index (κ3) is 5.14. The van der Waals surface area contributed by atoms with Crippen molar-refractivity contribution < 1.29 is 19.8 Å². The van der Waals surface area contributed by atoms with Gasteiger partial charge in [-0.15, -0.1) is 0 Å². The van der Waals surface area contributed by atoms with Gasteiger partial charge in [0.2, 0.25) is 0 Å². The van der Waals surface area contributed by atoms with Crippen LogP contribution < -0.4 is 10.6 Å². The normalized spacial score (nSPS) is 22.9. The Morgan fingerprint density at radius 1 is 1.39 bits per heavy atom. The lowest BCUT2D eigenvalue weighted by molar-refractivity contribution is -0.155. The zero-order valence-electron chi connectivity index (χ0n) is 10.4. The van der Waals surface area contributed by atoms with E-state index in [1.165, 1.54) is 12.8 Å². The van der Waals surface area contributed by atoms with Crippen LogP contribution in [0.4, 0.5) is 4.79 Å². The molecule has 0 bridgehead atoms. The first-order valence-corrected chi connectivity index (χ1v) is 7.06. The van der Waals surface area contributed by atoms with E-state index in [0.29, 0.717) is 11.8 Å². The quantitative estimate of drug-likeness (QED) is 0.583. The predicted molar refractivity (Wildman–Crippen MR) is 69.8 cm³/mol. The van der Waals surface area contributed by atoms with Crippen LogP contribution in [-0.4, -0.2) is 51.9 Å². The maximum Gasteiger partial charge on any atom is 0.337 e. The highest BCUT2D eigenvalue weighted by atomic mass is 32.2. The van der Waals surface area contributed by atoms with Gasteiger partial charge in [0.1, 0.15) is 0 Å². The number of urea groups is 1. The van der Waals surface area contributed by atoms with Gasteiger partial charge in [0.15, 0.2) is 5.60 Å². The molecule has 0 spiro atoms. The topological polar surface area (TPSA) is 98.7 Å². The minimum Gasteiger partial charge on any atom is -0.479 e. The molecule has 1 heterocycles. The van der Waals surface area contributed by atoms with Crippen molar-refractivity contribution in [3.05, 3.63) is 0 Å². The first-order chi connectivity index (χ1) is 8.42. The van der Waals surface area contributed by atoms with Crippen LogP contribution in [0.3, 0.4) is 0 Å². The van der Waals surface area contributed by atoms with E-state index in [1.807, 2.05) is 11.8 Å². The molecule has 2 unspecified atom stereocenters. The molecule has 0 aliphatic carbocycles. The highest BCUT2D eigenvalue weighted by Crippen LogP contribution is 2.24. The molecule has 0 aromatic rings. The summed E-state index contributed by atoms with van der Waals surface area (Å²) < 4.78 is 0. The summed E-state index contributed by atoms with van der Waals surface area (Å²) in [4.78, 5) is 22.0. The highest BCUT2D eigenvalue weighted by Gasteiger charge is 2.30. The monoisotopic (exact) mass is 276 g/mol. The molecule has 7 heteroatoms. The Kier molecular flexibility index (Phi) is 5.74. The Morgan fingerprint density at radius 3 is 2.67 bits per heavy atom.